The molecule has 0 unspecified atom stereocenters. The molecule has 7 aromatic rings. The van der Waals surface area contributed by atoms with Gasteiger partial charge in [-0.15, -0.1) is 0 Å². The molecular formula is C48H39BrF6N12O2. The molecule has 2 saturated heterocycles. The summed E-state index contributed by atoms with van der Waals surface area (Å²) in [6.45, 7) is 2.88. The maximum atomic E-state index is 13.6. The summed E-state index contributed by atoms with van der Waals surface area (Å²) in [7, 11) is 1.81. The average molecular weight is 1010 g/mol. The third-order valence-electron chi connectivity index (χ3n) is 12.3. The topological polar surface area (TPSA) is 141 Å². The molecule has 4 aliphatic rings. The zero-order valence-corrected chi connectivity index (χ0v) is 38.0. The number of carbonyl (C=O) groups is 2. The van der Waals surface area contributed by atoms with Gasteiger partial charge in [0.1, 0.15) is 16.2 Å². The number of hydrogen-bond donors (Lipinski definition) is 2. The number of anilines is 6. The Balaban J connectivity index is 0.000000162. The number of amides is 4. The molecule has 0 saturated carbocycles. The van der Waals surface area contributed by atoms with Gasteiger partial charge in [-0.25, -0.2) is 29.5 Å². The Morgan fingerprint density at radius 2 is 1.09 bits per heavy atom. The van der Waals surface area contributed by atoms with E-state index in [2.05, 4.69) is 61.4 Å². The molecule has 5 aromatic heterocycles. The van der Waals surface area contributed by atoms with E-state index in [4.69, 9.17) is 0 Å². The van der Waals surface area contributed by atoms with E-state index in [0.29, 0.717) is 69.2 Å². The van der Waals surface area contributed by atoms with Gasteiger partial charge in [0.05, 0.1) is 57.4 Å². The maximum Gasteiger partial charge on any atom is 0.416 e. The van der Waals surface area contributed by atoms with Crippen LogP contribution in [0.2, 0.25) is 0 Å². The SMILES string of the molecule is Cn1nccc1-c1cccc(NC(=O)N2c3nc(-c4cccc(C(F)(F)F)c4)ccc3N3CC[C@H]2C3)n1.O=C(Nc1cccc(Br)n1)N1c2nc(-c3cccc(C(F)(F)F)c3)ccc2N2CC[C@H]1C2. The first-order valence-corrected chi connectivity index (χ1v) is 22.5. The number of halogens is 7. The van der Waals surface area contributed by atoms with E-state index in [9.17, 15) is 35.9 Å². The van der Waals surface area contributed by atoms with E-state index in [-0.39, 0.29) is 18.1 Å². The van der Waals surface area contributed by atoms with E-state index in [1.165, 1.54) is 12.1 Å². The first kappa shape index (κ1) is 45.2. The summed E-state index contributed by atoms with van der Waals surface area (Å²) < 4.78 is 81.7. The molecule has 14 nitrogen and oxygen atoms in total. The highest BCUT2D eigenvalue weighted by molar-refractivity contribution is 9.10. The van der Waals surface area contributed by atoms with Crippen LogP contribution in [-0.2, 0) is 19.4 Å². The number of aromatic nitrogens is 6. The minimum absolute atomic E-state index is 0.0843. The summed E-state index contributed by atoms with van der Waals surface area (Å²) in [5.74, 6) is 1.62. The van der Waals surface area contributed by atoms with Crippen molar-refractivity contribution in [3.63, 3.8) is 0 Å². The van der Waals surface area contributed by atoms with Gasteiger partial charge in [0.2, 0.25) is 0 Å². The molecule has 2 atom stereocenters. The summed E-state index contributed by atoms with van der Waals surface area (Å²) >= 11 is 3.29. The molecule has 11 rings (SSSR count). The number of hydrogen-bond acceptors (Lipinski definition) is 9. The van der Waals surface area contributed by atoms with Crippen molar-refractivity contribution in [2.75, 3.05) is 56.4 Å². The molecule has 0 spiro atoms. The van der Waals surface area contributed by atoms with Gasteiger partial charge in [0.25, 0.3) is 0 Å². The summed E-state index contributed by atoms with van der Waals surface area (Å²) in [5.41, 5.74) is 2.93. The molecule has 9 heterocycles. The Bertz CT molecular complexity index is 3110. The Morgan fingerprint density at radius 3 is 1.57 bits per heavy atom. The molecule has 352 valence electrons. The number of rotatable bonds is 5. The molecule has 21 heteroatoms. The van der Waals surface area contributed by atoms with Gasteiger partial charge in [-0.2, -0.15) is 31.4 Å². The Labute approximate surface area is 398 Å². The van der Waals surface area contributed by atoms with Crippen LogP contribution < -0.4 is 30.2 Å². The maximum absolute atomic E-state index is 13.6. The van der Waals surface area contributed by atoms with Gasteiger partial charge in [-0.05, 0) is 108 Å². The third kappa shape index (κ3) is 9.12. The Morgan fingerprint density at radius 1 is 0.594 bits per heavy atom. The zero-order valence-electron chi connectivity index (χ0n) is 36.4. The van der Waals surface area contributed by atoms with Gasteiger partial charge >= 0.3 is 24.4 Å². The number of pyridine rings is 4. The first-order valence-electron chi connectivity index (χ1n) is 21.7. The zero-order chi connectivity index (χ0) is 48.2. The van der Waals surface area contributed by atoms with Crippen LogP contribution in [0.4, 0.5) is 70.6 Å². The summed E-state index contributed by atoms with van der Waals surface area (Å²) in [6, 6.07) is 28.5. The quantitative estimate of drug-likeness (QED) is 0.127. The minimum atomic E-state index is -4.46. The lowest BCUT2D eigenvalue weighted by atomic mass is 10.1. The molecule has 2 N–H and O–H groups in total. The van der Waals surface area contributed by atoms with Crippen molar-refractivity contribution in [2.24, 2.45) is 7.05 Å². The van der Waals surface area contributed by atoms with E-state index < -0.39 is 29.5 Å². The van der Waals surface area contributed by atoms with Gasteiger partial charge in [-0.3, -0.25) is 25.1 Å². The fourth-order valence-corrected chi connectivity index (χ4v) is 9.41. The lowest BCUT2D eigenvalue weighted by Gasteiger charge is -2.35. The molecule has 4 bridgehead atoms. The lowest BCUT2D eigenvalue weighted by molar-refractivity contribution is -0.138. The number of benzene rings is 2. The number of fused-ring (bicyclic) bond motifs is 8. The number of nitrogens with zero attached hydrogens (tertiary/aromatic N) is 10. The van der Waals surface area contributed by atoms with Crippen molar-refractivity contribution < 1.29 is 35.9 Å². The molecule has 0 radical (unpaired) electrons. The van der Waals surface area contributed by atoms with Crippen LogP contribution in [0.15, 0.2) is 126 Å². The van der Waals surface area contributed by atoms with E-state index in [1.807, 2.05) is 31.3 Å². The summed E-state index contributed by atoms with van der Waals surface area (Å²) in [5, 5.41) is 9.85. The number of carbonyl (C=O) groups excluding carboxylic acids is 2. The predicted molar refractivity (Wildman–Crippen MR) is 252 cm³/mol. The van der Waals surface area contributed by atoms with Crippen molar-refractivity contribution in [3.8, 4) is 33.9 Å². The van der Waals surface area contributed by atoms with E-state index >= 15 is 0 Å². The minimum Gasteiger partial charge on any atom is -0.366 e. The second-order valence-electron chi connectivity index (χ2n) is 16.7. The first-order chi connectivity index (χ1) is 33.1. The Hall–Kier alpha value is -7.55. The van der Waals surface area contributed by atoms with Gasteiger partial charge < -0.3 is 9.80 Å². The number of nitrogens with one attached hydrogen (secondary N) is 2. The smallest absolute Gasteiger partial charge is 0.366 e. The van der Waals surface area contributed by atoms with Crippen molar-refractivity contribution >= 4 is 62.6 Å². The lowest BCUT2D eigenvalue weighted by Crippen LogP contribution is -2.48. The van der Waals surface area contributed by atoms with Crippen molar-refractivity contribution in [1.29, 1.82) is 0 Å². The fraction of sp³-hybridized carbons (Fsp3) is 0.229. The molecular weight excluding hydrogens is 971 g/mol. The highest BCUT2D eigenvalue weighted by Crippen LogP contribution is 2.43. The van der Waals surface area contributed by atoms with Crippen LogP contribution in [0.1, 0.15) is 24.0 Å². The van der Waals surface area contributed by atoms with Crippen molar-refractivity contribution in [2.45, 2.75) is 37.3 Å². The van der Waals surface area contributed by atoms with Crippen molar-refractivity contribution in [1.82, 2.24) is 29.7 Å². The third-order valence-corrected chi connectivity index (χ3v) is 12.8. The van der Waals surface area contributed by atoms with Crippen LogP contribution >= 0.6 is 15.9 Å². The predicted octanol–water partition coefficient (Wildman–Crippen LogP) is 10.7. The van der Waals surface area contributed by atoms with Crippen LogP contribution in [-0.4, -0.2) is 80.0 Å². The normalized spacial score (nSPS) is 16.9. The van der Waals surface area contributed by atoms with Crippen LogP contribution in [0, 0.1) is 0 Å². The molecule has 2 aromatic carbocycles. The molecule has 4 amide bonds. The second kappa shape index (κ2) is 17.8. The summed E-state index contributed by atoms with van der Waals surface area (Å²) in [6.07, 6.45) is -5.71. The standard InChI is InChI=1S/C26H22F3N7O.C22H17BrF3N5O/c1-34-21(10-12-30-34)20-6-3-7-23(31-20)33-25(37)36-18-11-13-35(15-18)22-9-8-19(32-24(22)36)16-4-2-5-17(14-16)26(27,28)29;23-18-5-2-6-19(28-18)29-21(32)31-15-9-10-30(12-15)17-8-7-16(27-20(17)31)13-3-1-4-14(11-13)22(24,25)26/h2-10,12,14,18H,11,13,15H2,1H3,(H,31,33,37);1-8,11,15H,9-10,12H2,(H,28,29,32)/t18-;15-/m00/s1. The molecule has 69 heavy (non-hydrogen) atoms. The summed E-state index contributed by atoms with van der Waals surface area (Å²) in [4.78, 5) is 52.4. The molecule has 4 aliphatic heterocycles. The van der Waals surface area contributed by atoms with Crippen molar-refractivity contribution in [3.05, 3.63) is 137 Å². The highest BCUT2D eigenvalue weighted by atomic mass is 79.9. The monoisotopic (exact) mass is 1010 g/mol. The van der Waals surface area contributed by atoms with E-state index in [0.717, 1.165) is 67.3 Å². The fourth-order valence-electron chi connectivity index (χ4n) is 9.06. The number of aryl methyl sites for hydroxylation is 1. The molecule has 0 aliphatic carbocycles. The number of urea groups is 2. The van der Waals surface area contributed by atoms with Crippen LogP contribution in [0.25, 0.3) is 33.9 Å². The highest BCUT2D eigenvalue weighted by Gasteiger charge is 2.42. The Kier molecular flexibility index (Phi) is 11.7. The molecule has 2 fully saturated rings. The average Bonchev–Trinajstić information content (AvgIpc) is 4.08. The van der Waals surface area contributed by atoms with Gasteiger partial charge in [-0.1, -0.05) is 36.4 Å². The van der Waals surface area contributed by atoms with Crippen LogP contribution in [0.5, 0.6) is 0 Å². The van der Waals surface area contributed by atoms with E-state index in [1.54, 1.807) is 75.3 Å². The van der Waals surface area contributed by atoms with Gasteiger partial charge in [0, 0.05) is 50.6 Å². The van der Waals surface area contributed by atoms with Crippen LogP contribution in [0.3, 0.4) is 0 Å². The number of alkyl halides is 6. The second-order valence-corrected chi connectivity index (χ2v) is 17.5. The van der Waals surface area contributed by atoms with Gasteiger partial charge in [0.15, 0.2) is 11.6 Å². The largest absolute Gasteiger partial charge is 0.416 e.